The molecule has 0 radical (unpaired) electrons. The second kappa shape index (κ2) is 13.0. The van der Waals surface area contributed by atoms with Gasteiger partial charge in [-0.15, -0.1) is 0 Å². The molecule has 0 unspecified atom stereocenters. The summed E-state index contributed by atoms with van der Waals surface area (Å²) < 4.78 is 0. The molecule has 0 bridgehead atoms. The number of likely N-dealkylation sites (tertiary alicyclic amines) is 1. The molecule has 112 valence electrons. The lowest BCUT2D eigenvalue weighted by atomic mass is 10.3. The van der Waals surface area contributed by atoms with Crippen LogP contribution in [0.5, 0.6) is 0 Å². The molecule has 0 aliphatic carbocycles. The number of allylic oxidation sites excluding steroid dienone is 2. The molecule has 2 aliphatic rings. The largest absolute Gasteiger partial charge is 0.400 e. The molecule has 1 fully saturated rings. The molecule has 0 aromatic rings. The summed E-state index contributed by atoms with van der Waals surface area (Å²) in [6.07, 6.45) is 5.46. The number of aliphatic hydroxyl groups excluding tert-OH is 1. The number of hydrogen-bond acceptors (Lipinski definition) is 4. The van der Waals surface area contributed by atoms with Gasteiger partial charge in [0.25, 0.3) is 0 Å². The summed E-state index contributed by atoms with van der Waals surface area (Å²) in [4.78, 5) is 13.2. The first-order valence-electron chi connectivity index (χ1n) is 6.92. The van der Waals surface area contributed by atoms with Crippen LogP contribution in [0.15, 0.2) is 23.7 Å². The van der Waals surface area contributed by atoms with Crippen molar-refractivity contribution in [1.82, 2.24) is 15.8 Å². The first-order chi connectivity index (χ1) is 9.27. The van der Waals surface area contributed by atoms with Gasteiger partial charge >= 0.3 is 0 Å². The van der Waals surface area contributed by atoms with E-state index in [2.05, 4.69) is 10.9 Å². The molecule has 3 N–H and O–H groups in total. The second-order valence-corrected chi connectivity index (χ2v) is 3.34. The predicted molar refractivity (Wildman–Crippen MR) is 79.9 cm³/mol. The molecule has 0 aromatic heterocycles. The number of hydrazine groups is 1. The minimum Gasteiger partial charge on any atom is -0.400 e. The Bertz CT molecular complexity index is 299. The third kappa shape index (κ3) is 6.86. The van der Waals surface area contributed by atoms with Gasteiger partial charge in [0.15, 0.2) is 0 Å². The molecule has 1 saturated heterocycles. The molecule has 2 rings (SSSR count). The van der Waals surface area contributed by atoms with Crippen molar-refractivity contribution in [2.45, 2.75) is 47.5 Å². The van der Waals surface area contributed by atoms with E-state index < -0.39 is 0 Å². The average molecular weight is 271 g/mol. The Hall–Kier alpha value is -1.49. The molecule has 19 heavy (non-hydrogen) atoms. The van der Waals surface area contributed by atoms with Crippen LogP contribution in [-0.2, 0) is 4.79 Å². The topological polar surface area (TPSA) is 64.6 Å². The number of aliphatic hydroxyl groups is 1. The van der Waals surface area contributed by atoms with Crippen LogP contribution in [0.4, 0.5) is 0 Å². The quantitative estimate of drug-likeness (QED) is 0.683. The first-order valence-corrected chi connectivity index (χ1v) is 6.92. The summed E-state index contributed by atoms with van der Waals surface area (Å²) in [5, 5.41) is 7.00. The zero-order valence-corrected chi connectivity index (χ0v) is 13.1. The Balaban J connectivity index is 0. The molecule has 5 heteroatoms. The van der Waals surface area contributed by atoms with E-state index in [4.69, 9.17) is 5.11 Å². The highest BCUT2D eigenvalue weighted by atomic mass is 16.2. The van der Waals surface area contributed by atoms with Crippen LogP contribution >= 0.6 is 0 Å². The Kier molecular flexibility index (Phi) is 13.5. The van der Waals surface area contributed by atoms with Crippen molar-refractivity contribution in [2.24, 2.45) is 0 Å². The van der Waals surface area contributed by atoms with Crippen molar-refractivity contribution in [1.29, 1.82) is 0 Å². The van der Waals surface area contributed by atoms with Crippen LogP contribution in [-0.4, -0.2) is 29.6 Å². The maximum absolute atomic E-state index is 11.4. The van der Waals surface area contributed by atoms with E-state index in [-0.39, 0.29) is 5.91 Å². The standard InChI is InChI=1S/C9H13N3O.2C2H6.CH4O/c1-7-5-8(11-10-6-7)12-4-2-3-9(12)13;3*1-2/h5-6,10-11H,2-4H2,1H3;2*1-2H3;2H,1H3. The number of carbonyl (C=O) groups is 1. The van der Waals surface area contributed by atoms with E-state index in [1.54, 1.807) is 4.90 Å². The van der Waals surface area contributed by atoms with Gasteiger partial charge in [0.2, 0.25) is 5.91 Å². The van der Waals surface area contributed by atoms with Crippen LogP contribution in [0.1, 0.15) is 47.5 Å². The molecular formula is C14H29N3O2. The fraction of sp³-hybridized carbons (Fsp3) is 0.643. The molecule has 0 spiro atoms. The Morgan fingerprint density at radius 2 is 1.79 bits per heavy atom. The van der Waals surface area contributed by atoms with Gasteiger partial charge in [-0.3, -0.25) is 15.1 Å². The lowest BCUT2D eigenvalue weighted by Gasteiger charge is -2.23. The van der Waals surface area contributed by atoms with Crippen molar-refractivity contribution in [3.8, 4) is 0 Å². The number of hydrogen-bond donors (Lipinski definition) is 3. The van der Waals surface area contributed by atoms with Gasteiger partial charge < -0.3 is 10.5 Å². The second-order valence-electron chi connectivity index (χ2n) is 3.34. The number of nitrogens with one attached hydrogen (secondary N) is 2. The van der Waals surface area contributed by atoms with Gasteiger partial charge in [0.1, 0.15) is 5.82 Å². The molecular weight excluding hydrogens is 242 g/mol. The minimum atomic E-state index is 0.204. The highest BCUT2D eigenvalue weighted by Gasteiger charge is 2.24. The minimum absolute atomic E-state index is 0.204. The average Bonchev–Trinajstić information content (AvgIpc) is 2.92. The maximum Gasteiger partial charge on any atom is 0.228 e. The highest BCUT2D eigenvalue weighted by molar-refractivity contribution is 5.80. The molecule has 5 nitrogen and oxygen atoms in total. The molecule has 0 atom stereocenters. The van der Waals surface area contributed by atoms with Gasteiger partial charge in [0, 0.05) is 26.3 Å². The van der Waals surface area contributed by atoms with E-state index in [9.17, 15) is 4.79 Å². The van der Waals surface area contributed by atoms with Crippen LogP contribution in [0.25, 0.3) is 0 Å². The Labute approximate surface area is 117 Å². The van der Waals surface area contributed by atoms with Crippen LogP contribution in [0, 0.1) is 0 Å². The predicted octanol–water partition coefficient (Wildman–Crippen LogP) is 2.12. The summed E-state index contributed by atoms with van der Waals surface area (Å²) >= 11 is 0. The van der Waals surface area contributed by atoms with E-state index in [0.717, 1.165) is 31.5 Å². The smallest absolute Gasteiger partial charge is 0.228 e. The zero-order chi connectivity index (χ0) is 15.3. The SMILES string of the molecule is CC.CC.CC1=CNNC(N2CCCC2=O)=C1.CO. The van der Waals surface area contributed by atoms with Crippen molar-refractivity contribution >= 4 is 5.91 Å². The summed E-state index contributed by atoms with van der Waals surface area (Å²) in [6.45, 7) is 10.8. The molecule has 2 heterocycles. The third-order valence-corrected chi connectivity index (χ3v) is 2.23. The lowest BCUT2D eigenvalue weighted by Crippen LogP contribution is -2.39. The third-order valence-electron chi connectivity index (χ3n) is 2.23. The number of nitrogens with zero attached hydrogens (tertiary/aromatic N) is 1. The fourth-order valence-corrected chi connectivity index (χ4v) is 1.57. The summed E-state index contributed by atoms with van der Waals surface area (Å²) in [5.41, 5.74) is 6.99. The van der Waals surface area contributed by atoms with Crippen LogP contribution in [0.2, 0.25) is 0 Å². The van der Waals surface area contributed by atoms with Crippen molar-refractivity contribution < 1.29 is 9.90 Å². The van der Waals surface area contributed by atoms with Gasteiger partial charge in [0.05, 0.1) is 0 Å². The van der Waals surface area contributed by atoms with Crippen LogP contribution in [0.3, 0.4) is 0 Å². The van der Waals surface area contributed by atoms with Crippen molar-refractivity contribution in [2.75, 3.05) is 13.7 Å². The van der Waals surface area contributed by atoms with Crippen molar-refractivity contribution in [3.63, 3.8) is 0 Å². The summed E-state index contributed by atoms with van der Waals surface area (Å²) in [7, 11) is 1.00. The van der Waals surface area contributed by atoms with E-state index in [0.29, 0.717) is 6.42 Å². The zero-order valence-electron chi connectivity index (χ0n) is 13.1. The number of amides is 1. The number of rotatable bonds is 1. The van der Waals surface area contributed by atoms with Crippen LogP contribution < -0.4 is 10.9 Å². The number of carbonyl (C=O) groups excluding carboxylic acids is 1. The van der Waals surface area contributed by atoms with E-state index in [1.807, 2.05) is 46.9 Å². The molecule has 0 aromatic carbocycles. The van der Waals surface area contributed by atoms with Gasteiger partial charge in [-0.2, -0.15) is 0 Å². The highest BCUT2D eigenvalue weighted by Crippen LogP contribution is 2.16. The fourth-order valence-electron chi connectivity index (χ4n) is 1.57. The van der Waals surface area contributed by atoms with Gasteiger partial charge in [-0.05, 0) is 25.0 Å². The normalized spacial score (nSPS) is 15.9. The van der Waals surface area contributed by atoms with E-state index in [1.165, 1.54) is 0 Å². The molecule has 0 saturated carbocycles. The maximum atomic E-state index is 11.4. The van der Waals surface area contributed by atoms with E-state index >= 15 is 0 Å². The lowest BCUT2D eigenvalue weighted by molar-refractivity contribution is -0.126. The summed E-state index contributed by atoms with van der Waals surface area (Å²) in [5.74, 6) is 1.07. The molecule has 1 amide bonds. The summed E-state index contributed by atoms with van der Waals surface area (Å²) in [6, 6.07) is 0. The van der Waals surface area contributed by atoms with Crippen molar-refractivity contribution in [3.05, 3.63) is 23.7 Å². The monoisotopic (exact) mass is 271 g/mol. The Morgan fingerprint density at radius 3 is 2.21 bits per heavy atom. The molecule has 2 aliphatic heterocycles. The first kappa shape index (κ1) is 19.8. The van der Waals surface area contributed by atoms with Gasteiger partial charge in [-0.25, -0.2) is 0 Å². The van der Waals surface area contributed by atoms with Gasteiger partial charge in [-0.1, -0.05) is 27.7 Å². The Morgan fingerprint density at radius 1 is 1.21 bits per heavy atom.